The Morgan fingerprint density at radius 3 is 2.44 bits per heavy atom. The molecule has 0 aliphatic carbocycles. The lowest BCUT2D eigenvalue weighted by atomic mass is 10.0. The molecule has 3 aromatic rings. The van der Waals surface area contributed by atoms with Gasteiger partial charge in [0.25, 0.3) is 5.56 Å². The van der Waals surface area contributed by atoms with Gasteiger partial charge in [0.15, 0.2) is 0 Å². The van der Waals surface area contributed by atoms with Crippen molar-refractivity contribution < 1.29 is 28.6 Å². The van der Waals surface area contributed by atoms with Crippen molar-refractivity contribution in [3.8, 4) is 11.8 Å². The summed E-state index contributed by atoms with van der Waals surface area (Å²) in [5, 5.41) is 15.7. The molecular weight excluding hydrogens is 579 g/mol. The van der Waals surface area contributed by atoms with Crippen LogP contribution in [0.2, 0.25) is 0 Å². The monoisotopic (exact) mass is 616 g/mol. The van der Waals surface area contributed by atoms with Crippen molar-refractivity contribution in [2.24, 2.45) is 0 Å². The predicted octanol–water partition coefficient (Wildman–Crippen LogP) is 3.35. The number of hydrogen-bond donors (Lipinski definition) is 1. The summed E-state index contributed by atoms with van der Waals surface area (Å²) in [5.74, 6) is -0.888. The Bertz CT molecular complexity index is 1650. The highest BCUT2D eigenvalue weighted by Crippen LogP contribution is 2.30. The highest BCUT2D eigenvalue weighted by Gasteiger charge is 2.39. The zero-order valence-electron chi connectivity index (χ0n) is 25.1. The predicted molar refractivity (Wildman–Crippen MR) is 160 cm³/mol. The zero-order chi connectivity index (χ0) is 31.9. The number of esters is 1. The fourth-order valence-corrected chi connectivity index (χ4v) is 6.27. The largest absolute Gasteiger partial charge is 0.496 e. The molecule has 0 spiro atoms. The lowest BCUT2D eigenvalue weighted by Crippen LogP contribution is -2.56. The number of rotatable bonds is 9. The maximum absolute atomic E-state index is 14.0. The molecule has 0 unspecified atom stereocenters. The topological polar surface area (TPSA) is 144 Å². The van der Waals surface area contributed by atoms with Gasteiger partial charge in [0.2, 0.25) is 5.91 Å². The van der Waals surface area contributed by atoms with Crippen LogP contribution >= 0.6 is 11.3 Å². The number of aliphatic hydroxyl groups excluding tert-OH is 1. The summed E-state index contributed by atoms with van der Waals surface area (Å²) in [5.41, 5.74) is -1.84. The van der Waals surface area contributed by atoms with E-state index >= 15 is 0 Å². The van der Waals surface area contributed by atoms with Crippen molar-refractivity contribution in [1.82, 2.24) is 14.0 Å². The number of carbonyl (C=O) groups is 2. The van der Waals surface area contributed by atoms with Crippen molar-refractivity contribution in [2.75, 3.05) is 33.4 Å². The van der Waals surface area contributed by atoms with E-state index in [-0.39, 0.29) is 48.8 Å². The first-order valence-electron chi connectivity index (χ1n) is 14.0. The molecule has 4 rings (SSSR count). The maximum Gasteiger partial charge on any atom is 0.348 e. The number of nitrogens with zero attached hydrogens (tertiary/aromatic N) is 4. The minimum Gasteiger partial charge on any atom is -0.496 e. The van der Waals surface area contributed by atoms with Crippen LogP contribution in [-0.4, -0.2) is 64.4 Å². The molecule has 2 aromatic heterocycles. The summed E-state index contributed by atoms with van der Waals surface area (Å²) in [4.78, 5) is 56.2. The number of halogens is 1. The Labute approximate surface area is 252 Å². The normalized spacial score (nSPS) is 12.9. The van der Waals surface area contributed by atoms with E-state index in [0.717, 1.165) is 28.7 Å². The van der Waals surface area contributed by atoms with E-state index in [1.807, 2.05) is 0 Å². The van der Waals surface area contributed by atoms with E-state index in [2.05, 4.69) is 0 Å². The molecular formula is C30H37FN4O7S. The van der Waals surface area contributed by atoms with Gasteiger partial charge in [-0.3, -0.25) is 14.2 Å². The number of hydrogen-bond acceptors (Lipinski definition) is 9. The molecule has 13 heteroatoms. The standard InChI is InChI=1S/C27H32FN3O6S.C3H5NO/c1-6-37-24(33)21-16(2)20-22(32)31(27(3,4)25(34)29-12-7-8-13-29)26(35)30(23(20)38-21)14-11-17-15-18(28)9-10-19(17)36-5;4-2-1-3-5/h9-10,15H,6-8,11-14H2,1-5H3;5H,1,3H2. The molecule has 3 heterocycles. The van der Waals surface area contributed by atoms with Crippen LogP contribution in [0.25, 0.3) is 10.2 Å². The van der Waals surface area contributed by atoms with Gasteiger partial charge >= 0.3 is 11.7 Å². The molecule has 1 fully saturated rings. The van der Waals surface area contributed by atoms with Gasteiger partial charge in [-0.2, -0.15) is 5.26 Å². The van der Waals surface area contributed by atoms with Gasteiger partial charge in [0, 0.05) is 19.6 Å². The maximum atomic E-state index is 14.0. The summed E-state index contributed by atoms with van der Waals surface area (Å²) in [7, 11) is 1.47. The van der Waals surface area contributed by atoms with Crippen molar-refractivity contribution in [2.45, 2.75) is 65.5 Å². The molecule has 43 heavy (non-hydrogen) atoms. The molecule has 1 N–H and O–H groups in total. The second kappa shape index (κ2) is 14.4. The highest BCUT2D eigenvalue weighted by molar-refractivity contribution is 7.20. The Kier molecular flexibility index (Phi) is 11.2. The number of fused-ring (bicyclic) bond motifs is 1. The van der Waals surface area contributed by atoms with Crippen molar-refractivity contribution in [3.63, 3.8) is 0 Å². The van der Waals surface area contributed by atoms with Gasteiger partial charge in [-0.15, -0.1) is 11.3 Å². The van der Waals surface area contributed by atoms with Crippen LogP contribution in [0.3, 0.4) is 0 Å². The number of carbonyl (C=O) groups excluding carboxylic acids is 2. The second-order valence-corrected chi connectivity index (χ2v) is 11.4. The molecule has 1 aromatic carbocycles. The summed E-state index contributed by atoms with van der Waals surface area (Å²) in [6.07, 6.45) is 2.18. The van der Waals surface area contributed by atoms with Gasteiger partial charge in [-0.05, 0) is 76.3 Å². The first-order chi connectivity index (χ1) is 20.4. The molecule has 1 saturated heterocycles. The number of amides is 1. The first kappa shape index (κ1) is 33.5. The molecule has 0 atom stereocenters. The Hall–Kier alpha value is -4.02. The van der Waals surface area contributed by atoms with Crippen LogP contribution < -0.4 is 16.0 Å². The van der Waals surface area contributed by atoms with E-state index in [1.165, 1.54) is 29.9 Å². The van der Waals surface area contributed by atoms with Crippen LogP contribution in [0.4, 0.5) is 4.39 Å². The minimum absolute atomic E-state index is 0.0174. The third kappa shape index (κ3) is 6.97. The number of aryl methyl sites for hydroxylation is 3. The number of aliphatic hydroxyl groups is 1. The number of methoxy groups -OCH3 is 1. The summed E-state index contributed by atoms with van der Waals surface area (Å²) in [6, 6.07) is 5.90. The van der Waals surface area contributed by atoms with E-state index in [4.69, 9.17) is 19.8 Å². The Morgan fingerprint density at radius 2 is 1.88 bits per heavy atom. The third-order valence-corrected chi connectivity index (χ3v) is 8.51. The van der Waals surface area contributed by atoms with Crippen molar-refractivity contribution in [3.05, 3.63) is 60.9 Å². The van der Waals surface area contributed by atoms with Crippen LogP contribution in [0.1, 0.15) is 60.8 Å². The fourth-order valence-electron chi connectivity index (χ4n) is 5.06. The fraction of sp³-hybridized carbons (Fsp3) is 0.500. The molecule has 1 amide bonds. The number of nitriles is 1. The molecule has 1 aliphatic heterocycles. The number of likely N-dealkylation sites (tertiary alicyclic amines) is 1. The van der Waals surface area contributed by atoms with Gasteiger partial charge in [0.1, 0.15) is 26.8 Å². The highest BCUT2D eigenvalue weighted by atomic mass is 32.1. The van der Waals surface area contributed by atoms with Crippen molar-refractivity contribution in [1.29, 1.82) is 5.26 Å². The molecule has 11 nitrogen and oxygen atoms in total. The average molecular weight is 617 g/mol. The van der Waals surface area contributed by atoms with Gasteiger partial charge < -0.3 is 19.5 Å². The van der Waals surface area contributed by atoms with E-state index in [1.54, 1.807) is 38.7 Å². The van der Waals surface area contributed by atoms with Crippen LogP contribution in [-0.2, 0) is 28.0 Å². The Morgan fingerprint density at radius 1 is 1.21 bits per heavy atom. The molecule has 232 valence electrons. The third-order valence-electron chi connectivity index (χ3n) is 7.22. The SMILES string of the molecule is CCOC(=O)c1sc2c(c1C)c(=O)n(C(C)(C)C(=O)N1CCCC1)c(=O)n2CCc1cc(F)ccc1OC.N#CCCO. The average Bonchev–Trinajstić information content (AvgIpc) is 3.62. The number of thiophene rings is 1. The van der Waals surface area contributed by atoms with E-state index < -0.39 is 28.6 Å². The van der Waals surface area contributed by atoms with Crippen LogP contribution in [0.15, 0.2) is 27.8 Å². The van der Waals surface area contributed by atoms with Crippen LogP contribution in [0.5, 0.6) is 5.75 Å². The number of benzene rings is 1. The number of ether oxygens (including phenoxy) is 2. The molecule has 0 saturated carbocycles. The van der Waals surface area contributed by atoms with Gasteiger partial charge in [0.05, 0.1) is 38.2 Å². The van der Waals surface area contributed by atoms with Crippen LogP contribution in [0, 0.1) is 24.1 Å². The quantitative estimate of drug-likeness (QED) is 0.361. The molecule has 0 bridgehead atoms. The minimum atomic E-state index is -1.47. The number of aromatic nitrogens is 2. The van der Waals surface area contributed by atoms with Gasteiger partial charge in [-0.25, -0.2) is 18.5 Å². The summed E-state index contributed by atoms with van der Waals surface area (Å²) in [6.45, 7) is 7.78. The molecule has 1 aliphatic rings. The van der Waals surface area contributed by atoms with Crippen molar-refractivity contribution >= 4 is 33.4 Å². The summed E-state index contributed by atoms with van der Waals surface area (Å²) >= 11 is 1.00. The lowest BCUT2D eigenvalue weighted by molar-refractivity contribution is -0.138. The Balaban J connectivity index is 0.000000934. The van der Waals surface area contributed by atoms with Gasteiger partial charge in [-0.1, -0.05) is 0 Å². The first-order valence-corrected chi connectivity index (χ1v) is 14.8. The molecule has 0 radical (unpaired) electrons. The summed E-state index contributed by atoms with van der Waals surface area (Å²) < 4.78 is 26.9. The smallest absolute Gasteiger partial charge is 0.348 e. The van der Waals surface area contributed by atoms with E-state index in [0.29, 0.717) is 34.8 Å². The lowest BCUT2D eigenvalue weighted by Gasteiger charge is -2.31. The zero-order valence-corrected chi connectivity index (χ0v) is 25.9. The van der Waals surface area contributed by atoms with E-state index in [9.17, 15) is 23.6 Å². The second-order valence-electron chi connectivity index (χ2n) is 10.4.